The molecule has 1 aliphatic heterocycles. The second kappa shape index (κ2) is 17.0. The van der Waals surface area contributed by atoms with Gasteiger partial charge in [0.1, 0.15) is 11.2 Å². The van der Waals surface area contributed by atoms with Gasteiger partial charge in [-0.05, 0) is 45.5 Å². The Morgan fingerprint density at radius 2 is 1.63 bits per heavy atom. The highest BCUT2D eigenvalue weighted by Crippen LogP contribution is 2.39. The lowest BCUT2D eigenvalue weighted by Crippen LogP contribution is -2.47. The summed E-state index contributed by atoms with van der Waals surface area (Å²) < 4.78 is 19.7. The predicted molar refractivity (Wildman–Crippen MR) is 194 cm³/mol. The van der Waals surface area contributed by atoms with Crippen molar-refractivity contribution in [3.63, 3.8) is 0 Å². The second-order valence-corrected chi connectivity index (χ2v) is 13.0. The summed E-state index contributed by atoms with van der Waals surface area (Å²) >= 11 is 12.5. The molecule has 2 heterocycles. The third kappa shape index (κ3) is 9.35. The zero-order chi connectivity index (χ0) is 35.7. The summed E-state index contributed by atoms with van der Waals surface area (Å²) in [5, 5.41) is 15.7. The van der Waals surface area contributed by atoms with Gasteiger partial charge >= 0.3 is 12.0 Å². The minimum atomic E-state index is -0.829. The molecule has 51 heavy (non-hydrogen) atoms. The van der Waals surface area contributed by atoms with E-state index < -0.39 is 24.3 Å². The number of urea groups is 1. The van der Waals surface area contributed by atoms with Crippen molar-refractivity contribution in [2.24, 2.45) is 0 Å². The summed E-state index contributed by atoms with van der Waals surface area (Å²) in [6, 6.07) is 31.6. The fourth-order valence-electron chi connectivity index (χ4n) is 6.03. The van der Waals surface area contributed by atoms with E-state index >= 15 is 0 Å². The predicted octanol–water partition coefficient (Wildman–Crippen LogP) is 7.18. The molecule has 4 atom stereocenters. The second-order valence-electron chi connectivity index (χ2n) is 12.2. The van der Waals surface area contributed by atoms with Crippen LogP contribution in [0.4, 0.5) is 4.79 Å². The molecule has 0 spiro atoms. The van der Waals surface area contributed by atoms with E-state index in [-0.39, 0.29) is 30.5 Å². The lowest BCUT2D eigenvalue weighted by molar-refractivity contribution is -0.252. The molecule has 10 nitrogen and oxygen atoms in total. The van der Waals surface area contributed by atoms with Gasteiger partial charge in [0.15, 0.2) is 11.4 Å². The Kier molecular flexibility index (Phi) is 12.0. The molecule has 6 rings (SSSR count). The third-order valence-corrected chi connectivity index (χ3v) is 9.46. The molecule has 264 valence electrons. The molecule has 0 bridgehead atoms. The molecule has 1 aliphatic rings. The molecular formula is C39H38Cl2N4O6. The molecule has 4 aromatic carbocycles. The Morgan fingerprint density at radius 3 is 2.33 bits per heavy atom. The standard InChI is InChI=1S/C39H38Cl2N4O6/c1-49-37(47)33(18-25-7-3-2-4-8-25)44-39(48)42-21-27-9-5-10-29(17-27)30-11-6-12-31(19-30)38-50-32(22-45-24-43-35(40)36(45)41)20-34(51-38)28-15-13-26(23-46)14-16-28/h2-17,19,24,32-34,38,46H,18,20-23H2,1H3,(H2,42,44,48)/t32-,33-,34+,38+/m0/s1. The van der Waals surface area contributed by atoms with Crippen LogP contribution in [-0.4, -0.2) is 45.9 Å². The Balaban J connectivity index is 1.16. The van der Waals surface area contributed by atoms with Crippen LogP contribution in [0.3, 0.4) is 0 Å². The number of hydrogen-bond donors (Lipinski definition) is 3. The molecule has 1 fully saturated rings. The van der Waals surface area contributed by atoms with Gasteiger partial charge in [0, 0.05) is 24.9 Å². The number of aliphatic hydroxyl groups is 1. The van der Waals surface area contributed by atoms with Crippen LogP contribution in [-0.2, 0) is 45.1 Å². The highest BCUT2D eigenvalue weighted by atomic mass is 35.5. The van der Waals surface area contributed by atoms with Crippen LogP contribution in [0.5, 0.6) is 0 Å². The molecule has 1 aromatic heterocycles. The van der Waals surface area contributed by atoms with E-state index in [4.69, 9.17) is 37.4 Å². The monoisotopic (exact) mass is 728 g/mol. The van der Waals surface area contributed by atoms with Gasteiger partial charge in [-0.2, -0.15) is 0 Å². The molecule has 0 saturated carbocycles. The number of carbonyl (C=O) groups excluding carboxylic acids is 2. The normalized spacial score (nSPS) is 17.8. The minimum absolute atomic E-state index is 0.0398. The summed E-state index contributed by atoms with van der Waals surface area (Å²) in [7, 11) is 1.30. The van der Waals surface area contributed by atoms with E-state index in [9.17, 15) is 14.7 Å². The van der Waals surface area contributed by atoms with E-state index in [1.54, 1.807) is 10.9 Å². The molecule has 5 aromatic rings. The SMILES string of the molecule is COC(=O)[C@H](Cc1ccccc1)NC(=O)NCc1cccc(-c2cccc([C@@H]3O[C@H](Cn4cnc(Cl)c4Cl)C[C@H](c4ccc(CO)cc4)O3)c2)c1. The maximum atomic E-state index is 12.8. The van der Waals surface area contributed by atoms with Crippen LogP contribution in [0.15, 0.2) is 109 Å². The number of carbonyl (C=O) groups is 2. The lowest BCUT2D eigenvalue weighted by Gasteiger charge is -2.36. The summed E-state index contributed by atoms with van der Waals surface area (Å²) in [6.45, 7) is 0.632. The van der Waals surface area contributed by atoms with Gasteiger partial charge in [0.2, 0.25) is 0 Å². The number of esters is 1. The number of amides is 2. The number of ether oxygens (including phenoxy) is 3. The van der Waals surface area contributed by atoms with Gasteiger partial charge in [-0.3, -0.25) is 0 Å². The number of aliphatic hydroxyl groups excluding tert-OH is 1. The van der Waals surface area contributed by atoms with E-state index in [2.05, 4.69) is 15.6 Å². The van der Waals surface area contributed by atoms with Gasteiger partial charge in [-0.1, -0.05) is 114 Å². The van der Waals surface area contributed by atoms with E-state index in [0.717, 1.165) is 38.9 Å². The van der Waals surface area contributed by atoms with E-state index in [1.807, 2.05) is 103 Å². The van der Waals surface area contributed by atoms with Crippen LogP contribution in [0.2, 0.25) is 10.3 Å². The summed E-state index contributed by atoms with van der Waals surface area (Å²) in [5.41, 5.74) is 6.28. The van der Waals surface area contributed by atoms with Crippen molar-refractivity contribution in [3.8, 4) is 11.1 Å². The number of rotatable bonds is 12. The van der Waals surface area contributed by atoms with Gasteiger partial charge in [-0.15, -0.1) is 0 Å². The van der Waals surface area contributed by atoms with Gasteiger partial charge in [0.25, 0.3) is 0 Å². The Morgan fingerprint density at radius 1 is 0.902 bits per heavy atom. The Bertz CT molecular complexity index is 1940. The third-order valence-electron chi connectivity index (χ3n) is 8.69. The topological polar surface area (TPSA) is 124 Å². The maximum absolute atomic E-state index is 12.8. The number of benzene rings is 4. The lowest BCUT2D eigenvalue weighted by atomic mass is 9.98. The summed E-state index contributed by atoms with van der Waals surface area (Å²) in [5.74, 6) is -0.519. The highest BCUT2D eigenvalue weighted by molar-refractivity contribution is 6.40. The maximum Gasteiger partial charge on any atom is 0.328 e. The molecule has 2 amide bonds. The van der Waals surface area contributed by atoms with Crippen LogP contribution in [0.25, 0.3) is 11.1 Å². The van der Waals surface area contributed by atoms with Crippen molar-refractivity contribution < 1.29 is 28.9 Å². The molecule has 0 radical (unpaired) electrons. The van der Waals surface area contributed by atoms with E-state index in [0.29, 0.717) is 24.5 Å². The first-order valence-corrected chi connectivity index (χ1v) is 17.3. The molecule has 1 saturated heterocycles. The summed E-state index contributed by atoms with van der Waals surface area (Å²) in [4.78, 5) is 29.3. The minimum Gasteiger partial charge on any atom is -0.467 e. The number of hydrogen-bond acceptors (Lipinski definition) is 7. The zero-order valence-electron chi connectivity index (χ0n) is 27.9. The Hall–Kier alpha value is -4.71. The van der Waals surface area contributed by atoms with Crippen molar-refractivity contribution in [2.45, 2.75) is 57.1 Å². The van der Waals surface area contributed by atoms with Gasteiger partial charge in [-0.25, -0.2) is 14.6 Å². The van der Waals surface area contributed by atoms with Crippen molar-refractivity contribution in [2.75, 3.05) is 7.11 Å². The number of nitrogens with one attached hydrogen (secondary N) is 2. The number of imidazole rings is 1. The molecular weight excluding hydrogens is 691 g/mol. The van der Waals surface area contributed by atoms with Crippen LogP contribution in [0, 0.1) is 0 Å². The molecule has 0 aliphatic carbocycles. The summed E-state index contributed by atoms with van der Waals surface area (Å²) in [6.07, 6.45) is 1.23. The Labute approximate surface area is 306 Å². The fraction of sp³-hybridized carbons (Fsp3) is 0.256. The smallest absolute Gasteiger partial charge is 0.328 e. The highest BCUT2D eigenvalue weighted by Gasteiger charge is 2.33. The van der Waals surface area contributed by atoms with Crippen molar-refractivity contribution >= 4 is 35.2 Å². The number of aromatic nitrogens is 2. The van der Waals surface area contributed by atoms with Crippen LogP contribution >= 0.6 is 23.2 Å². The molecule has 3 N–H and O–H groups in total. The average molecular weight is 730 g/mol. The average Bonchev–Trinajstić information content (AvgIpc) is 3.49. The zero-order valence-corrected chi connectivity index (χ0v) is 29.4. The first-order chi connectivity index (χ1) is 24.8. The quantitative estimate of drug-likeness (QED) is 0.116. The van der Waals surface area contributed by atoms with Crippen molar-refractivity contribution in [3.05, 3.63) is 148 Å². The molecule has 0 unspecified atom stereocenters. The van der Waals surface area contributed by atoms with Crippen molar-refractivity contribution in [1.82, 2.24) is 20.2 Å². The molecule has 12 heteroatoms. The van der Waals surface area contributed by atoms with Crippen molar-refractivity contribution in [1.29, 1.82) is 0 Å². The number of halogens is 2. The first-order valence-electron chi connectivity index (χ1n) is 16.5. The number of methoxy groups -OCH3 is 1. The van der Waals surface area contributed by atoms with Crippen LogP contribution < -0.4 is 10.6 Å². The number of nitrogens with zero attached hydrogens (tertiary/aromatic N) is 2. The van der Waals surface area contributed by atoms with Crippen LogP contribution in [0.1, 0.15) is 46.6 Å². The van der Waals surface area contributed by atoms with E-state index in [1.165, 1.54) is 7.11 Å². The largest absolute Gasteiger partial charge is 0.467 e. The van der Waals surface area contributed by atoms with Gasteiger partial charge < -0.3 is 34.5 Å². The first kappa shape index (κ1) is 36.1. The van der Waals surface area contributed by atoms with Gasteiger partial charge in [0.05, 0.1) is 38.8 Å². The fourth-order valence-corrected chi connectivity index (χ4v) is 6.34.